The number of likely N-dealkylation sites (tertiary alicyclic amines) is 1. The Morgan fingerprint density at radius 1 is 1.11 bits per heavy atom. The third-order valence-corrected chi connectivity index (χ3v) is 5.40. The van der Waals surface area contributed by atoms with E-state index in [4.69, 9.17) is 5.73 Å². The van der Waals surface area contributed by atoms with Crippen LogP contribution in [0.5, 0.6) is 0 Å². The van der Waals surface area contributed by atoms with E-state index in [0.29, 0.717) is 11.4 Å². The van der Waals surface area contributed by atoms with Crippen LogP contribution in [0, 0.1) is 5.92 Å². The molecule has 4 rings (SSSR count). The van der Waals surface area contributed by atoms with Gasteiger partial charge in [0, 0.05) is 16.9 Å². The zero-order valence-corrected chi connectivity index (χ0v) is 15.7. The molecule has 4 N–H and O–H groups in total. The fraction of sp³-hybridized carbons (Fsp3) is 0.286. The minimum Gasteiger partial charge on any atom is -0.366 e. The van der Waals surface area contributed by atoms with E-state index in [1.165, 1.54) is 0 Å². The number of amides is 2. The maximum atomic E-state index is 12.6. The Kier molecular flexibility index (Phi) is 4.83. The summed E-state index contributed by atoms with van der Waals surface area (Å²) in [7, 11) is 2.08. The molecule has 0 aliphatic carbocycles. The van der Waals surface area contributed by atoms with Crippen molar-refractivity contribution in [1.82, 2.24) is 15.1 Å². The Hall–Kier alpha value is -3.19. The number of rotatable bonds is 4. The number of nitrogens with two attached hydrogens (primary N) is 1. The molecular formula is C21H23N5O2. The molecule has 0 radical (unpaired) electrons. The average Bonchev–Trinajstić information content (AvgIpc) is 3.10. The molecule has 2 amide bonds. The summed E-state index contributed by atoms with van der Waals surface area (Å²) in [6.45, 7) is 1.87. The molecular weight excluding hydrogens is 354 g/mol. The van der Waals surface area contributed by atoms with Crippen molar-refractivity contribution >= 4 is 28.5 Å². The third kappa shape index (κ3) is 3.61. The maximum Gasteiger partial charge on any atom is 0.248 e. The number of piperidine rings is 1. The molecule has 144 valence electrons. The number of anilines is 1. The van der Waals surface area contributed by atoms with Gasteiger partial charge in [0.25, 0.3) is 0 Å². The summed E-state index contributed by atoms with van der Waals surface area (Å²) >= 11 is 0. The smallest absolute Gasteiger partial charge is 0.248 e. The lowest BCUT2D eigenvalue weighted by atomic mass is 9.96. The van der Waals surface area contributed by atoms with E-state index < -0.39 is 5.91 Å². The first-order chi connectivity index (χ1) is 13.5. The van der Waals surface area contributed by atoms with E-state index in [2.05, 4.69) is 27.5 Å². The van der Waals surface area contributed by atoms with Crippen molar-refractivity contribution in [3.05, 3.63) is 48.0 Å². The number of benzene rings is 2. The molecule has 2 aromatic carbocycles. The van der Waals surface area contributed by atoms with Gasteiger partial charge in [0.15, 0.2) is 5.82 Å². The summed E-state index contributed by atoms with van der Waals surface area (Å²) in [4.78, 5) is 26.1. The summed E-state index contributed by atoms with van der Waals surface area (Å²) in [6.07, 6.45) is 1.73. The zero-order chi connectivity index (χ0) is 19.7. The van der Waals surface area contributed by atoms with Crippen LogP contribution in [-0.2, 0) is 4.79 Å². The first kappa shape index (κ1) is 18.2. The highest BCUT2D eigenvalue weighted by Crippen LogP contribution is 2.28. The Balaban J connectivity index is 1.57. The van der Waals surface area contributed by atoms with E-state index in [0.717, 1.165) is 48.0 Å². The summed E-state index contributed by atoms with van der Waals surface area (Å²) in [5.41, 5.74) is 8.56. The van der Waals surface area contributed by atoms with Gasteiger partial charge in [-0.05, 0) is 68.4 Å². The molecule has 1 aromatic heterocycles. The van der Waals surface area contributed by atoms with Crippen LogP contribution in [0.4, 0.5) is 5.82 Å². The predicted octanol–water partition coefficient (Wildman–Crippen LogP) is 2.61. The lowest BCUT2D eigenvalue weighted by Gasteiger charge is -2.27. The van der Waals surface area contributed by atoms with Crippen LogP contribution < -0.4 is 11.1 Å². The Morgan fingerprint density at radius 3 is 2.46 bits per heavy atom. The number of carbonyl (C=O) groups is 2. The normalized spacial score (nSPS) is 15.6. The molecule has 0 bridgehead atoms. The van der Waals surface area contributed by atoms with E-state index in [9.17, 15) is 9.59 Å². The summed E-state index contributed by atoms with van der Waals surface area (Å²) in [5, 5.41) is 11.1. The van der Waals surface area contributed by atoms with Crippen molar-refractivity contribution in [1.29, 1.82) is 0 Å². The van der Waals surface area contributed by atoms with Gasteiger partial charge in [-0.25, -0.2) is 0 Å². The Bertz CT molecular complexity index is 1020. The van der Waals surface area contributed by atoms with Gasteiger partial charge in [-0.15, -0.1) is 0 Å². The lowest BCUT2D eigenvalue weighted by molar-refractivity contribution is -0.121. The molecule has 0 spiro atoms. The van der Waals surface area contributed by atoms with Gasteiger partial charge in [-0.1, -0.05) is 18.2 Å². The van der Waals surface area contributed by atoms with Crippen molar-refractivity contribution < 1.29 is 9.59 Å². The predicted molar refractivity (Wildman–Crippen MR) is 109 cm³/mol. The monoisotopic (exact) mass is 377 g/mol. The summed E-state index contributed by atoms with van der Waals surface area (Å²) in [5.74, 6) is 0.149. The standard InChI is InChI=1S/C21H23N5O2/c1-26-10-8-15(9-11-26)21(28)23-20-17-12-16(6-7-18(17)24-25-20)13-2-4-14(5-3-13)19(22)27/h2-7,12,15H,8-11H2,1H3,(H2,22,27)(H2,23,24,25,28). The average molecular weight is 377 g/mol. The SMILES string of the molecule is CN1CCC(C(=O)Nc2n[nH]c3ccc(-c4ccc(C(N)=O)cc4)cc23)CC1. The third-order valence-electron chi connectivity index (χ3n) is 5.40. The molecule has 1 saturated heterocycles. The Morgan fingerprint density at radius 2 is 1.79 bits per heavy atom. The van der Waals surface area contributed by atoms with Crippen LogP contribution in [-0.4, -0.2) is 47.0 Å². The summed E-state index contributed by atoms with van der Waals surface area (Å²) < 4.78 is 0. The molecule has 7 heteroatoms. The molecule has 0 saturated carbocycles. The molecule has 0 atom stereocenters. The first-order valence-electron chi connectivity index (χ1n) is 9.39. The number of hydrogen-bond donors (Lipinski definition) is 3. The number of H-pyrrole nitrogens is 1. The lowest BCUT2D eigenvalue weighted by Crippen LogP contribution is -2.36. The second-order valence-electron chi connectivity index (χ2n) is 7.34. The van der Waals surface area contributed by atoms with Crippen LogP contribution in [0.3, 0.4) is 0 Å². The van der Waals surface area contributed by atoms with Crippen molar-refractivity contribution in [2.45, 2.75) is 12.8 Å². The quantitative estimate of drug-likeness (QED) is 0.650. The number of nitrogens with one attached hydrogen (secondary N) is 2. The van der Waals surface area contributed by atoms with E-state index in [-0.39, 0.29) is 11.8 Å². The molecule has 0 unspecified atom stereocenters. The molecule has 28 heavy (non-hydrogen) atoms. The molecule has 1 aliphatic heterocycles. The van der Waals surface area contributed by atoms with E-state index in [1.807, 2.05) is 30.3 Å². The molecule has 2 heterocycles. The topological polar surface area (TPSA) is 104 Å². The number of aromatic nitrogens is 2. The van der Waals surface area contributed by atoms with Gasteiger partial charge in [0.2, 0.25) is 11.8 Å². The summed E-state index contributed by atoms with van der Waals surface area (Å²) in [6, 6.07) is 13.0. The fourth-order valence-electron chi connectivity index (χ4n) is 3.61. The zero-order valence-electron chi connectivity index (χ0n) is 15.7. The number of fused-ring (bicyclic) bond motifs is 1. The molecule has 3 aromatic rings. The van der Waals surface area contributed by atoms with Crippen molar-refractivity contribution in [2.75, 3.05) is 25.5 Å². The minimum atomic E-state index is -0.448. The number of primary amides is 1. The first-order valence-corrected chi connectivity index (χ1v) is 9.39. The minimum absolute atomic E-state index is 0.0208. The molecule has 1 aliphatic rings. The van der Waals surface area contributed by atoms with Crippen LogP contribution in [0.1, 0.15) is 23.2 Å². The van der Waals surface area contributed by atoms with Crippen LogP contribution >= 0.6 is 0 Å². The van der Waals surface area contributed by atoms with Crippen LogP contribution in [0.25, 0.3) is 22.0 Å². The highest BCUT2D eigenvalue weighted by atomic mass is 16.2. The largest absolute Gasteiger partial charge is 0.366 e. The number of nitrogens with zero attached hydrogens (tertiary/aromatic N) is 2. The van der Waals surface area contributed by atoms with Gasteiger partial charge >= 0.3 is 0 Å². The molecule has 7 nitrogen and oxygen atoms in total. The number of carbonyl (C=O) groups excluding carboxylic acids is 2. The number of hydrogen-bond acceptors (Lipinski definition) is 4. The van der Waals surface area contributed by atoms with Gasteiger partial charge in [0.05, 0.1) is 5.52 Å². The second-order valence-corrected chi connectivity index (χ2v) is 7.34. The highest BCUT2D eigenvalue weighted by Gasteiger charge is 2.24. The highest BCUT2D eigenvalue weighted by molar-refractivity contribution is 6.01. The van der Waals surface area contributed by atoms with Gasteiger partial charge < -0.3 is 16.0 Å². The van der Waals surface area contributed by atoms with Crippen molar-refractivity contribution in [2.24, 2.45) is 11.7 Å². The van der Waals surface area contributed by atoms with Crippen LogP contribution in [0.15, 0.2) is 42.5 Å². The number of aromatic amines is 1. The van der Waals surface area contributed by atoms with Gasteiger partial charge in [-0.2, -0.15) is 5.10 Å². The van der Waals surface area contributed by atoms with Crippen molar-refractivity contribution in [3.8, 4) is 11.1 Å². The second kappa shape index (κ2) is 7.44. The molecule has 1 fully saturated rings. The van der Waals surface area contributed by atoms with E-state index >= 15 is 0 Å². The van der Waals surface area contributed by atoms with Gasteiger partial charge in [0.1, 0.15) is 0 Å². The van der Waals surface area contributed by atoms with Crippen LogP contribution in [0.2, 0.25) is 0 Å². The van der Waals surface area contributed by atoms with Crippen molar-refractivity contribution in [3.63, 3.8) is 0 Å². The van der Waals surface area contributed by atoms with Gasteiger partial charge in [-0.3, -0.25) is 14.7 Å². The fourth-order valence-corrected chi connectivity index (χ4v) is 3.61. The Labute approximate surface area is 162 Å². The van der Waals surface area contributed by atoms with E-state index in [1.54, 1.807) is 12.1 Å². The maximum absolute atomic E-state index is 12.6.